The normalized spacial score (nSPS) is 16.3. The summed E-state index contributed by atoms with van der Waals surface area (Å²) >= 11 is 1.59. The summed E-state index contributed by atoms with van der Waals surface area (Å²) in [4.78, 5) is 15.7. The fourth-order valence-corrected chi connectivity index (χ4v) is 4.60. The van der Waals surface area contributed by atoms with E-state index in [0.29, 0.717) is 19.4 Å². The number of likely N-dealkylation sites (tertiary alicyclic amines) is 1. The number of aliphatic hydroxyl groups is 1. The van der Waals surface area contributed by atoms with Crippen molar-refractivity contribution in [2.75, 3.05) is 19.7 Å². The summed E-state index contributed by atoms with van der Waals surface area (Å²) in [5.41, 5.74) is 0.819. The molecule has 0 spiro atoms. The van der Waals surface area contributed by atoms with Gasteiger partial charge in [0, 0.05) is 31.3 Å². The zero-order chi connectivity index (χ0) is 21.7. The minimum Gasteiger partial charge on any atom is -0.493 e. The highest BCUT2D eigenvalue weighted by atomic mass is 32.1. The second-order valence-electron chi connectivity index (χ2n) is 8.15. The minimum atomic E-state index is -0.931. The second kappa shape index (κ2) is 9.77. The number of para-hydroxylation sites is 1. The Morgan fingerprint density at radius 2 is 1.94 bits per heavy atom. The molecule has 2 aromatic heterocycles. The van der Waals surface area contributed by atoms with Crippen LogP contribution in [-0.2, 0) is 13.1 Å². The third-order valence-corrected chi connectivity index (χ3v) is 6.59. The first-order valence-electron chi connectivity index (χ1n) is 10.8. The van der Waals surface area contributed by atoms with E-state index in [4.69, 9.17) is 4.74 Å². The van der Waals surface area contributed by atoms with E-state index in [-0.39, 0.29) is 12.1 Å². The minimum absolute atomic E-state index is 0.182. The van der Waals surface area contributed by atoms with Crippen molar-refractivity contribution in [3.8, 4) is 16.3 Å². The molecule has 0 amide bonds. The Labute approximate surface area is 186 Å². The summed E-state index contributed by atoms with van der Waals surface area (Å²) in [6, 6.07) is 15.4. The number of piperidine rings is 1. The number of hydrogen-bond acceptors (Lipinski definition) is 6. The molecule has 7 heteroatoms. The second-order valence-corrected chi connectivity index (χ2v) is 9.10. The maximum atomic E-state index is 12.4. The fourth-order valence-electron chi connectivity index (χ4n) is 3.91. The van der Waals surface area contributed by atoms with Crippen molar-refractivity contribution in [2.45, 2.75) is 44.9 Å². The van der Waals surface area contributed by atoms with Crippen LogP contribution in [0.25, 0.3) is 10.6 Å². The molecule has 3 aromatic rings. The van der Waals surface area contributed by atoms with Gasteiger partial charge in [0.2, 0.25) is 0 Å². The molecule has 1 aliphatic rings. The Morgan fingerprint density at radius 3 is 2.68 bits per heavy atom. The quantitative estimate of drug-likeness (QED) is 0.578. The van der Waals surface area contributed by atoms with Crippen molar-refractivity contribution in [1.82, 2.24) is 14.7 Å². The summed E-state index contributed by atoms with van der Waals surface area (Å²) in [6.07, 6.45) is 2.18. The van der Waals surface area contributed by atoms with Gasteiger partial charge in [0.1, 0.15) is 11.4 Å². The van der Waals surface area contributed by atoms with Crippen LogP contribution in [0.5, 0.6) is 5.75 Å². The maximum absolute atomic E-state index is 12.4. The Hall–Kier alpha value is -2.48. The van der Waals surface area contributed by atoms with Crippen LogP contribution in [0.2, 0.25) is 0 Å². The average Bonchev–Trinajstić information content (AvgIpc) is 3.31. The molecule has 0 radical (unpaired) electrons. The van der Waals surface area contributed by atoms with Gasteiger partial charge in [0.05, 0.1) is 23.6 Å². The lowest BCUT2D eigenvalue weighted by atomic mass is 9.91. The predicted molar refractivity (Wildman–Crippen MR) is 123 cm³/mol. The van der Waals surface area contributed by atoms with Crippen LogP contribution in [0.4, 0.5) is 0 Å². The number of ether oxygens (including phenoxy) is 1. The Morgan fingerprint density at radius 1 is 1.13 bits per heavy atom. The lowest BCUT2D eigenvalue weighted by Gasteiger charge is -2.38. The molecule has 31 heavy (non-hydrogen) atoms. The molecule has 0 bridgehead atoms. The van der Waals surface area contributed by atoms with Crippen LogP contribution in [-0.4, -0.2) is 45.1 Å². The fraction of sp³-hybridized carbons (Fsp3) is 0.417. The number of nitrogens with zero attached hydrogens (tertiary/aromatic N) is 3. The first-order valence-corrected chi connectivity index (χ1v) is 11.7. The molecule has 1 aromatic carbocycles. The maximum Gasteiger partial charge on any atom is 0.266 e. The summed E-state index contributed by atoms with van der Waals surface area (Å²) in [6.45, 7) is 5.35. The Balaban J connectivity index is 1.40. The average molecular weight is 440 g/mol. The van der Waals surface area contributed by atoms with Gasteiger partial charge < -0.3 is 9.84 Å². The largest absolute Gasteiger partial charge is 0.493 e. The molecule has 1 aliphatic heterocycles. The SMILES string of the molecule is CCCOc1ccccc1CN1CCC(O)(Cn2nc(-c3cccs3)ccc2=O)CC1. The molecular formula is C24H29N3O3S. The van der Waals surface area contributed by atoms with Crippen LogP contribution in [0.3, 0.4) is 0 Å². The van der Waals surface area contributed by atoms with E-state index in [0.717, 1.165) is 42.4 Å². The van der Waals surface area contributed by atoms with E-state index in [9.17, 15) is 9.90 Å². The zero-order valence-electron chi connectivity index (χ0n) is 17.9. The van der Waals surface area contributed by atoms with Crippen LogP contribution in [0.1, 0.15) is 31.7 Å². The monoisotopic (exact) mass is 439 g/mol. The van der Waals surface area contributed by atoms with Crippen molar-refractivity contribution < 1.29 is 9.84 Å². The van der Waals surface area contributed by atoms with E-state index in [1.165, 1.54) is 16.3 Å². The van der Waals surface area contributed by atoms with E-state index >= 15 is 0 Å². The summed E-state index contributed by atoms with van der Waals surface area (Å²) in [5, 5.41) is 17.7. The van der Waals surface area contributed by atoms with Gasteiger partial charge in [-0.1, -0.05) is 31.2 Å². The van der Waals surface area contributed by atoms with Gasteiger partial charge in [0.25, 0.3) is 5.56 Å². The van der Waals surface area contributed by atoms with Crippen LogP contribution < -0.4 is 10.3 Å². The van der Waals surface area contributed by atoms with Gasteiger partial charge >= 0.3 is 0 Å². The molecular weight excluding hydrogens is 410 g/mol. The Bertz CT molecular complexity index is 1040. The standard InChI is InChI=1S/C24H29N3O3S/c1-2-15-30-21-7-4-3-6-19(21)17-26-13-11-24(29,12-14-26)18-27-23(28)10-9-20(25-27)22-8-5-16-31-22/h3-10,16,29H,2,11-15,17-18H2,1H3. The summed E-state index contributed by atoms with van der Waals surface area (Å²) in [7, 11) is 0. The molecule has 6 nitrogen and oxygen atoms in total. The molecule has 1 fully saturated rings. The molecule has 4 rings (SSSR count). The predicted octanol–water partition coefficient (Wildman–Crippen LogP) is 3.79. The van der Waals surface area contributed by atoms with E-state index < -0.39 is 5.60 Å². The first kappa shape index (κ1) is 21.7. The number of rotatable bonds is 8. The lowest BCUT2D eigenvalue weighted by molar-refractivity contribution is -0.0390. The molecule has 0 saturated carbocycles. The van der Waals surface area contributed by atoms with E-state index in [2.05, 4.69) is 23.0 Å². The van der Waals surface area contributed by atoms with Crippen LogP contribution in [0, 0.1) is 0 Å². The zero-order valence-corrected chi connectivity index (χ0v) is 18.7. The highest BCUT2D eigenvalue weighted by Crippen LogP contribution is 2.27. The lowest BCUT2D eigenvalue weighted by Crippen LogP contribution is -2.48. The van der Waals surface area contributed by atoms with Crippen LogP contribution >= 0.6 is 11.3 Å². The highest BCUT2D eigenvalue weighted by Gasteiger charge is 2.33. The van der Waals surface area contributed by atoms with Gasteiger partial charge in [-0.2, -0.15) is 5.10 Å². The van der Waals surface area contributed by atoms with Crippen molar-refractivity contribution in [3.63, 3.8) is 0 Å². The molecule has 0 atom stereocenters. The van der Waals surface area contributed by atoms with Crippen molar-refractivity contribution in [2.24, 2.45) is 0 Å². The van der Waals surface area contributed by atoms with Gasteiger partial charge in [-0.3, -0.25) is 9.69 Å². The number of thiophene rings is 1. The molecule has 1 saturated heterocycles. The van der Waals surface area contributed by atoms with Gasteiger partial charge in [-0.25, -0.2) is 4.68 Å². The van der Waals surface area contributed by atoms with Crippen molar-refractivity contribution >= 4 is 11.3 Å². The van der Waals surface area contributed by atoms with Gasteiger partial charge in [-0.15, -0.1) is 11.3 Å². The molecule has 164 valence electrons. The molecule has 0 aliphatic carbocycles. The van der Waals surface area contributed by atoms with Crippen molar-refractivity contribution in [1.29, 1.82) is 0 Å². The smallest absolute Gasteiger partial charge is 0.266 e. The number of hydrogen-bond donors (Lipinski definition) is 1. The summed E-state index contributed by atoms with van der Waals surface area (Å²) in [5.74, 6) is 0.936. The number of benzene rings is 1. The van der Waals surface area contributed by atoms with Gasteiger partial charge in [-0.05, 0) is 42.8 Å². The van der Waals surface area contributed by atoms with Crippen LogP contribution in [0.15, 0.2) is 58.7 Å². The molecule has 3 heterocycles. The Kier molecular flexibility index (Phi) is 6.85. The topological polar surface area (TPSA) is 67.6 Å². The van der Waals surface area contributed by atoms with E-state index in [1.54, 1.807) is 17.4 Å². The van der Waals surface area contributed by atoms with E-state index in [1.807, 2.05) is 35.7 Å². The number of aromatic nitrogens is 2. The first-order chi connectivity index (χ1) is 15.1. The third-order valence-electron chi connectivity index (χ3n) is 5.70. The third kappa shape index (κ3) is 5.42. The van der Waals surface area contributed by atoms with Crippen molar-refractivity contribution in [3.05, 3.63) is 69.8 Å². The highest BCUT2D eigenvalue weighted by molar-refractivity contribution is 7.13. The molecule has 0 unspecified atom stereocenters. The molecule has 1 N–H and O–H groups in total. The van der Waals surface area contributed by atoms with Gasteiger partial charge in [0.15, 0.2) is 0 Å². The summed E-state index contributed by atoms with van der Waals surface area (Å²) < 4.78 is 7.30.